The number of hydrogen-bond acceptors (Lipinski definition) is 4. The Balaban J connectivity index is 1.50. The van der Waals surface area contributed by atoms with Crippen molar-refractivity contribution in [3.05, 3.63) is 54.6 Å². The van der Waals surface area contributed by atoms with Crippen molar-refractivity contribution in [1.29, 1.82) is 0 Å². The fourth-order valence-electron chi connectivity index (χ4n) is 3.31. The fourth-order valence-corrected chi connectivity index (χ4v) is 3.31. The van der Waals surface area contributed by atoms with Crippen LogP contribution in [-0.4, -0.2) is 41.9 Å². The zero-order valence-corrected chi connectivity index (χ0v) is 14.1. The molecule has 3 aromatic rings. The number of aryl methyl sites for hydroxylation is 1. The number of hydrogen-bond donors (Lipinski definition) is 0. The predicted octanol–water partition coefficient (Wildman–Crippen LogP) is 2.14. The summed E-state index contributed by atoms with van der Waals surface area (Å²) in [6, 6.07) is 12.0. The zero-order valence-electron chi connectivity index (χ0n) is 14.1. The Bertz CT molecular complexity index is 855. The Morgan fingerprint density at radius 3 is 2.80 bits per heavy atom. The number of amides is 1. The van der Waals surface area contributed by atoms with Gasteiger partial charge in [0.25, 0.3) is 0 Å². The zero-order chi connectivity index (χ0) is 17.2. The van der Waals surface area contributed by atoms with E-state index in [1.807, 2.05) is 47.5 Å². The van der Waals surface area contributed by atoms with Gasteiger partial charge in [-0.2, -0.15) is 5.10 Å². The summed E-state index contributed by atoms with van der Waals surface area (Å²) in [5.41, 5.74) is 1.05. The molecule has 25 heavy (non-hydrogen) atoms. The topological polar surface area (TPSA) is 68.8 Å². The van der Waals surface area contributed by atoms with E-state index in [0.717, 1.165) is 17.2 Å². The third-order valence-electron chi connectivity index (χ3n) is 4.52. The molecule has 1 aliphatic heterocycles. The number of carbonyl (C=O) groups excluding carboxylic acids is 1. The van der Waals surface area contributed by atoms with E-state index < -0.39 is 0 Å². The molecule has 0 N–H and O–H groups in total. The van der Waals surface area contributed by atoms with Gasteiger partial charge in [0.1, 0.15) is 0 Å². The minimum Gasteiger partial charge on any atom is -0.333 e. The number of carbonyl (C=O) groups is 1. The maximum Gasteiger partial charge on any atom is 0.224 e. The summed E-state index contributed by atoms with van der Waals surface area (Å²) in [5.74, 6) is 1.83. The van der Waals surface area contributed by atoms with E-state index in [1.54, 1.807) is 10.9 Å². The van der Waals surface area contributed by atoms with Crippen molar-refractivity contribution >= 4 is 5.91 Å². The lowest BCUT2D eigenvalue weighted by Crippen LogP contribution is -2.40. The minimum absolute atomic E-state index is 0.123. The van der Waals surface area contributed by atoms with Gasteiger partial charge in [-0.15, -0.1) is 10.2 Å². The van der Waals surface area contributed by atoms with Crippen LogP contribution in [0.1, 0.15) is 25.2 Å². The van der Waals surface area contributed by atoms with Gasteiger partial charge in [0.15, 0.2) is 11.6 Å². The number of rotatable bonds is 4. The predicted molar refractivity (Wildman–Crippen MR) is 92.4 cm³/mol. The molecule has 7 heteroatoms. The number of fused-ring (bicyclic) bond motifs is 1. The van der Waals surface area contributed by atoms with Crippen molar-refractivity contribution in [2.75, 3.05) is 6.54 Å². The highest BCUT2D eigenvalue weighted by molar-refractivity contribution is 5.76. The Labute approximate surface area is 145 Å². The molecule has 3 heterocycles. The van der Waals surface area contributed by atoms with E-state index in [-0.39, 0.29) is 11.9 Å². The highest BCUT2D eigenvalue weighted by atomic mass is 16.2. The third kappa shape index (κ3) is 3.05. The molecule has 0 fully saturated rings. The van der Waals surface area contributed by atoms with Gasteiger partial charge in [0.05, 0.1) is 12.6 Å². The molecule has 0 unspecified atom stereocenters. The van der Waals surface area contributed by atoms with Crippen LogP contribution >= 0.6 is 0 Å². The molecule has 0 bridgehead atoms. The normalized spacial score (nSPS) is 16.7. The van der Waals surface area contributed by atoms with Crippen LogP contribution in [0.3, 0.4) is 0 Å². The second-order valence-electron chi connectivity index (χ2n) is 6.32. The molecule has 1 aliphatic rings. The van der Waals surface area contributed by atoms with Gasteiger partial charge in [0.2, 0.25) is 5.91 Å². The third-order valence-corrected chi connectivity index (χ3v) is 4.52. The first-order chi connectivity index (χ1) is 12.2. The summed E-state index contributed by atoms with van der Waals surface area (Å²) in [5, 5.41) is 12.8. The lowest BCUT2D eigenvalue weighted by atomic mass is 10.1. The van der Waals surface area contributed by atoms with Crippen molar-refractivity contribution in [3.63, 3.8) is 0 Å². The highest BCUT2D eigenvalue weighted by Gasteiger charge is 2.29. The Kier molecular flexibility index (Phi) is 4.05. The molecule has 0 saturated heterocycles. The lowest BCUT2D eigenvalue weighted by Gasteiger charge is -2.32. The van der Waals surface area contributed by atoms with Gasteiger partial charge in [-0.05, 0) is 13.0 Å². The van der Waals surface area contributed by atoms with E-state index >= 15 is 0 Å². The summed E-state index contributed by atoms with van der Waals surface area (Å²) in [4.78, 5) is 14.4. The smallest absolute Gasteiger partial charge is 0.224 e. The van der Waals surface area contributed by atoms with E-state index in [4.69, 9.17) is 0 Å². The van der Waals surface area contributed by atoms with Gasteiger partial charge in [-0.25, -0.2) is 0 Å². The molecule has 4 rings (SSSR count). The molecule has 0 aliphatic carbocycles. The highest BCUT2D eigenvalue weighted by Crippen LogP contribution is 2.27. The van der Waals surface area contributed by atoms with Gasteiger partial charge < -0.3 is 9.47 Å². The molecule has 0 spiro atoms. The summed E-state index contributed by atoms with van der Waals surface area (Å²) in [7, 11) is 0. The van der Waals surface area contributed by atoms with Crippen LogP contribution < -0.4 is 0 Å². The molecular formula is C18H20N6O. The van der Waals surface area contributed by atoms with Crippen molar-refractivity contribution in [2.24, 2.45) is 0 Å². The van der Waals surface area contributed by atoms with Gasteiger partial charge in [-0.1, -0.05) is 30.3 Å². The number of nitrogens with zero attached hydrogens (tertiary/aromatic N) is 6. The monoisotopic (exact) mass is 336 g/mol. The molecule has 0 radical (unpaired) electrons. The fraction of sp³-hybridized carbons (Fsp3) is 0.333. The van der Waals surface area contributed by atoms with Crippen molar-refractivity contribution < 1.29 is 4.79 Å². The first-order valence-corrected chi connectivity index (χ1v) is 8.47. The maximum absolute atomic E-state index is 12.6. The van der Waals surface area contributed by atoms with E-state index in [2.05, 4.69) is 26.8 Å². The number of benzene rings is 1. The van der Waals surface area contributed by atoms with Crippen LogP contribution in [0.4, 0.5) is 0 Å². The van der Waals surface area contributed by atoms with Crippen LogP contribution in [0.15, 0.2) is 48.8 Å². The summed E-state index contributed by atoms with van der Waals surface area (Å²) in [6.07, 6.45) is 4.03. The largest absolute Gasteiger partial charge is 0.333 e. The van der Waals surface area contributed by atoms with Crippen LogP contribution in [0, 0.1) is 0 Å². The average Bonchev–Trinajstić information content (AvgIpc) is 3.30. The van der Waals surface area contributed by atoms with Gasteiger partial charge >= 0.3 is 0 Å². The van der Waals surface area contributed by atoms with Gasteiger partial charge in [-0.3, -0.25) is 9.48 Å². The second kappa shape index (κ2) is 6.51. The van der Waals surface area contributed by atoms with Crippen LogP contribution in [0.2, 0.25) is 0 Å². The molecule has 2 aromatic heterocycles. The average molecular weight is 336 g/mol. The van der Waals surface area contributed by atoms with Crippen molar-refractivity contribution in [2.45, 2.75) is 32.5 Å². The lowest BCUT2D eigenvalue weighted by molar-refractivity contribution is -0.133. The Hall–Kier alpha value is -2.96. The summed E-state index contributed by atoms with van der Waals surface area (Å²) >= 11 is 0. The van der Waals surface area contributed by atoms with Crippen LogP contribution in [-0.2, 0) is 17.9 Å². The molecular weight excluding hydrogens is 316 g/mol. The molecule has 1 amide bonds. The van der Waals surface area contributed by atoms with E-state index in [0.29, 0.717) is 26.1 Å². The first-order valence-electron chi connectivity index (χ1n) is 8.47. The minimum atomic E-state index is 0.123. The molecule has 1 atom stereocenters. The maximum atomic E-state index is 12.6. The van der Waals surface area contributed by atoms with E-state index in [1.165, 1.54) is 0 Å². The SMILES string of the molecule is C[C@H]1CN(C(=O)CCn2cccn2)Cc2nnc(-c3ccccc3)n21. The van der Waals surface area contributed by atoms with Crippen molar-refractivity contribution in [3.8, 4) is 11.4 Å². The molecule has 128 valence electrons. The van der Waals surface area contributed by atoms with Gasteiger partial charge in [0, 0.05) is 37.5 Å². The molecule has 7 nitrogen and oxygen atoms in total. The summed E-state index contributed by atoms with van der Waals surface area (Å²) < 4.78 is 3.92. The second-order valence-corrected chi connectivity index (χ2v) is 6.32. The van der Waals surface area contributed by atoms with Crippen LogP contribution in [0.25, 0.3) is 11.4 Å². The first kappa shape index (κ1) is 15.6. The Morgan fingerprint density at radius 2 is 2.04 bits per heavy atom. The van der Waals surface area contributed by atoms with Crippen molar-refractivity contribution in [1.82, 2.24) is 29.4 Å². The molecule has 1 aromatic carbocycles. The quantitative estimate of drug-likeness (QED) is 0.732. The van der Waals surface area contributed by atoms with Crippen LogP contribution in [0.5, 0.6) is 0 Å². The standard InChI is InChI=1S/C18H20N6O/c1-14-12-22(17(25)8-11-23-10-5-9-19-23)13-16-20-21-18(24(14)16)15-6-3-2-4-7-15/h2-7,9-10,14H,8,11-13H2,1H3/t14-/m0/s1. The summed E-state index contributed by atoms with van der Waals surface area (Å²) in [6.45, 7) is 3.87. The molecule has 0 saturated carbocycles. The van der Waals surface area contributed by atoms with E-state index in [9.17, 15) is 4.79 Å². The Morgan fingerprint density at radius 1 is 1.20 bits per heavy atom. The number of aromatic nitrogens is 5.